The van der Waals surface area contributed by atoms with Crippen LogP contribution in [0, 0.1) is 0 Å². The Kier molecular flexibility index (Phi) is 3.84. The van der Waals surface area contributed by atoms with Crippen LogP contribution < -0.4 is 0 Å². The number of hydrogen-bond donors (Lipinski definition) is 1. The fraction of sp³-hybridized carbons (Fsp3) is 0.167. The molecule has 0 radical (unpaired) electrons. The molecule has 3 heteroatoms. The standard InChI is InChI=1S/C18H17NO2/c20-18(21)9-8-14-4-3-5-15(10-14)11-19-12-16-6-1-2-7-17(16)13-19/h1-10H,11-13H2,(H,20,21). The summed E-state index contributed by atoms with van der Waals surface area (Å²) in [6.45, 7) is 2.83. The van der Waals surface area contributed by atoms with Gasteiger partial charge in [0, 0.05) is 25.7 Å². The molecule has 3 nitrogen and oxygen atoms in total. The molecule has 3 rings (SSSR count). The summed E-state index contributed by atoms with van der Waals surface area (Å²) in [6.07, 6.45) is 2.80. The van der Waals surface area contributed by atoms with Gasteiger partial charge in [0.05, 0.1) is 0 Å². The first kappa shape index (κ1) is 13.6. The van der Waals surface area contributed by atoms with Crippen LogP contribution in [0.5, 0.6) is 0 Å². The van der Waals surface area contributed by atoms with Gasteiger partial charge in [-0.05, 0) is 28.3 Å². The lowest BCUT2D eigenvalue weighted by atomic mass is 10.1. The second kappa shape index (κ2) is 5.94. The lowest BCUT2D eigenvalue weighted by molar-refractivity contribution is -0.131. The Labute approximate surface area is 124 Å². The van der Waals surface area contributed by atoms with Crippen LogP contribution in [0.15, 0.2) is 54.6 Å². The average Bonchev–Trinajstić information content (AvgIpc) is 2.87. The summed E-state index contributed by atoms with van der Waals surface area (Å²) in [4.78, 5) is 13.0. The van der Waals surface area contributed by atoms with Crippen molar-refractivity contribution in [1.82, 2.24) is 4.90 Å². The van der Waals surface area contributed by atoms with Gasteiger partial charge in [-0.3, -0.25) is 4.90 Å². The smallest absolute Gasteiger partial charge is 0.328 e. The molecule has 0 spiro atoms. The van der Waals surface area contributed by atoms with Crippen molar-refractivity contribution >= 4 is 12.0 Å². The van der Waals surface area contributed by atoms with Gasteiger partial charge < -0.3 is 5.11 Å². The molecule has 0 saturated carbocycles. The molecular weight excluding hydrogens is 262 g/mol. The number of carboxylic acids is 1. The fourth-order valence-corrected chi connectivity index (χ4v) is 2.74. The van der Waals surface area contributed by atoms with Gasteiger partial charge >= 0.3 is 5.97 Å². The number of rotatable bonds is 4. The van der Waals surface area contributed by atoms with Crippen molar-refractivity contribution in [2.45, 2.75) is 19.6 Å². The van der Waals surface area contributed by atoms with E-state index in [2.05, 4.69) is 35.2 Å². The van der Waals surface area contributed by atoms with Gasteiger partial charge in [-0.2, -0.15) is 0 Å². The summed E-state index contributed by atoms with van der Waals surface area (Å²) in [5, 5.41) is 8.68. The molecule has 0 atom stereocenters. The monoisotopic (exact) mass is 279 g/mol. The SMILES string of the molecule is O=C(O)C=Cc1cccc(CN2Cc3ccccc3C2)c1. The minimum absolute atomic E-state index is 0.878. The van der Waals surface area contributed by atoms with E-state index in [-0.39, 0.29) is 0 Å². The molecule has 0 amide bonds. The average molecular weight is 279 g/mol. The summed E-state index contributed by atoms with van der Waals surface area (Å²) in [6, 6.07) is 16.5. The van der Waals surface area contributed by atoms with Crippen LogP contribution >= 0.6 is 0 Å². The van der Waals surface area contributed by atoms with Gasteiger partial charge in [-0.1, -0.05) is 48.5 Å². The van der Waals surface area contributed by atoms with Crippen LogP contribution in [-0.2, 0) is 24.4 Å². The maximum atomic E-state index is 10.6. The summed E-state index contributed by atoms with van der Waals surface area (Å²) in [7, 11) is 0. The third-order valence-corrected chi connectivity index (χ3v) is 3.68. The Hall–Kier alpha value is -2.39. The minimum Gasteiger partial charge on any atom is -0.478 e. The van der Waals surface area contributed by atoms with E-state index in [1.165, 1.54) is 22.8 Å². The van der Waals surface area contributed by atoms with Crippen molar-refractivity contribution in [1.29, 1.82) is 0 Å². The maximum Gasteiger partial charge on any atom is 0.328 e. The number of aliphatic carboxylic acids is 1. The van der Waals surface area contributed by atoms with E-state index in [1.54, 1.807) is 6.08 Å². The van der Waals surface area contributed by atoms with Gasteiger partial charge in [0.25, 0.3) is 0 Å². The zero-order chi connectivity index (χ0) is 14.7. The Morgan fingerprint density at radius 2 is 1.81 bits per heavy atom. The molecular formula is C18H17NO2. The molecule has 0 bridgehead atoms. The normalized spacial score (nSPS) is 14.5. The molecule has 1 aliphatic rings. The molecule has 0 unspecified atom stereocenters. The summed E-state index contributed by atoms with van der Waals surface area (Å²) < 4.78 is 0. The van der Waals surface area contributed by atoms with Crippen molar-refractivity contribution in [3.63, 3.8) is 0 Å². The highest BCUT2D eigenvalue weighted by atomic mass is 16.4. The highest BCUT2D eigenvalue weighted by Gasteiger charge is 2.17. The van der Waals surface area contributed by atoms with Crippen LogP contribution in [0.3, 0.4) is 0 Å². The zero-order valence-electron chi connectivity index (χ0n) is 11.7. The van der Waals surface area contributed by atoms with Crippen LogP contribution in [0.25, 0.3) is 6.08 Å². The maximum absolute atomic E-state index is 10.6. The van der Waals surface area contributed by atoms with Crippen molar-refractivity contribution in [3.8, 4) is 0 Å². The van der Waals surface area contributed by atoms with Gasteiger partial charge in [0.2, 0.25) is 0 Å². The molecule has 2 aromatic rings. The largest absolute Gasteiger partial charge is 0.478 e. The molecule has 1 aliphatic heterocycles. The topological polar surface area (TPSA) is 40.5 Å². The number of benzene rings is 2. The third kappa shape index (κ3) is 3.38. The van der Waals surface area contributed by atoms with E-state index < -0.39 is 5.97 Å². The van der Waals surface area contributed by atoms with Gasteiger partial charge in [0.1, 0.15) is 0 Å². The Morgan fingerprint density at radius 1 is 1.10 bits per heavy atom. The van der Waals surface area contributed by atoms with Gasteiger partial charge in [-0.15, -0.1) is 0 Å². The summed E-state index contributed by atoms with van der Waals surface area (Å²) >= 11 is 0. The highest BCUT2D eigenvalue weighted by molar-refractivity contribution is 5.85. The van der Waals surface area contributed by atoms with Crippen LogP contribution in [0.2, 0.25) is 0 Å². The van der Waals surface area contributed by atoms with Crippen molar-refractivity contribution in [2.24, 2.45) is 0 Å². The predicted molar refractivity (Wildman–Crippen MR) is 82.5 cm³/mol. The quantitative estimate of drug-likeness (QED) is 0.873. The lowest BCUT2D eigenvalue weighted by Crippen LogP contribution is -2.15. The van der Waals surface area contributed by atoms with Crippen LogP contribution in [0.1, 0.15) is 22.3 Å². The third-order valence-electron chi connectivity index (χ3n) is 3.68. The Balaban J connectivity index is 1.69. The Bertz CT molecular complexity index is 666. The van der Waals surface area contributed by atoms with Gasteiger partial charge in [-0.25, -0.2) is 4.79 Å². The van der Waals surface area contributed by atoms with E-state index >= 15 is 0 Å². The number of hydrogen-bond acceptors (Lipinski definition) is 2. The lowest BCUT2D eigenvalue weighted by Gasteiger charge is -2.15. The number of fused-ring (bicyclic) bond motifs is 1. The molecule has 0 aliphatic carbocycles. The molecule has 2 aromatic carbocycles. The molecule has 106 valence electrons. The predicted octanol–water partition coefficient (Wildman–Crippen LogP) is 3.30. The van der Waals surface area contributed by atoms with Crippen LogP contribution in [-0.4, -0.2) is 16.0 Å². The van der Waals surface area contributed by atoms with Crippen molar-refractivity contribution < 1.29 is 9.90 Å². The van der Waals surface area contributed by atoms with Gasteiger partial charge in [0.15, 0.2) is 0 Å². The first-order valence-corrected chi connectivity index (χ1v) is 7.00. The first-order chi connectivity index (χ1) is 10.2. The fourth-order valence-electron chi connectivity index (χ4n) is 2.74. The number of carboxylic acid groups (broad SMARTS) is 1. The van der Waals surface area contributed by atoms with Crippen molar-refractivity contribution in [2.75, 3.05) is 0 Å². The van der Waals surface area contributed by atoms with Crippen LogP contribution in [0.4, 0.5) is 0 Å². The zero-order valence-corrected chi connectivity index (χ0v) is 11.7. The summed E-state index contributed by atoms with van der Waals surface area (Å²) in [5.41, 5.74) is 4.93. The van der Waals surface area contributed by atoms with Crippen molar-refractivity contribution in [3.05, 3.63) is 76.9 Å². The molecule has 1 heterocycles. The highest BCUT2D eigenvalue weighted by Crippen LogP contribution is 2.24. The number of nitrogens with zero attached hydrogens (tertiary/aromatic N) is 1. The molecule has 0 fully saturated rings. The molecule has 1 N–H and O–H groups in total. The molecule has 0 saturated heterocycles. The Morgan fingerprint density at radius 3 is 2.48 bits per heavy atom. The molecule has 21 heavy (non-hydrogen) atoms. The van der Waals surface area contributed by atoms with E-state index in [0.29, 0.717) is 0 Å². The molecule has 0 aromatic heterocycles. The van der Waals surface area contributed by atoms with E-state index in [1.807, 2.05) is 18.2 Å². The minimum atomic E-state index is -0.921. The van der Waals surface area contributed by atoms with E-state index in [0.717, 1.165) is 25.2 Å². The summed E-state index contributed by atoms with van der Waals surface area (Å²) in [5.74, 6) is -0.921. The van der Waals surface area contributed by atoms with E-state index in [9.17, 15) is 4.79 Å². The first-order valence-electron chi connectivity index (χ1n) is 7.00. The van der Waals surface area contributed by atoms with E-state index in [4.69, 9.17) is 5.11 Å². The number of carbonyl (C=O) groups is 1. The second-order valence-electron chi connectivity index (χ2n) is 5.33. The second-order valence-corrected chi connectivity index (χ2v) is 5.33.